The number of hydrogen-bond acceptors (Lipinski definition) is 2. The Labute approximate surface area is 86.1 Å². The van der Waals surface area contributed by atoms with Crippen molar-refractivity contribution in [3.05, 3.63) is 28.8 Å². The molecule has 0 radical (unpaired) electrons. The van der Waals surface area contributed by atoms with Crippen molar-refractivity contribution in [3.63, 3.8) is 0 Å². The van der Waals surface area contributed by atoms with Gasteiger partial charge in [-0.1, -0.05) is 26.8 Å². The van der Waals surface area contributed by atoms with Crippen molar-refractivity contribution in [1.29, 1.82) is 0 Å². The molecule has 2 N–H and O–H groups in total. The van der Waals surface area contributed by atoms with Crippen LogP contribution in [-0.2, 0) is 6.42 Å². The molecule has 0 saturated heterocycles. The van der Waals surface area contributed by atoms with Crippen LogP contribution in [0.3, 0.4) is 0 Å². The van der Waals surface area contributed by atoms with E-state index in [0.29, 0.717) is 11.3 Å². The number of carbonyl (C=O) groups is 1. The Hall–Kier alpha value is -1.31. The number of anilines is 1. The summed E-state index contributed by atoms with van der Waals surface area (Å²) in [5.74, 6) is 0. The summed E-state index contributed by atoms with van der Waals surface area (Å²) in [6.07, 6.45) is 1.68. The summed E-state index contributed by atoms with van der Waals surface area (Å²) >= 11 is 0. The number of hydrogen-bond donors (Lipinski definition) is 1. The van der Waals surface area contributed by atoms with Gasteiger partial charge < -0.3 is 5.73 Å². The predicted octanol–water partition coefficient (Wildman–Crippen LogP) is 2.98. The highest BCUT2D eigenvalue weighted by Crippen LogP contribution is 2.18. The fourth-order valence-electron chi connectivity index (χ4n) is 1.29. The summed E-state index contributed by atoms with van der Waals surface area (Å²) in [5.41, 5.74) is 9.11. The maximum atomic E-state index is 10.6. The van der Waals surface area contributed by atoms with Gasteiger partial charge in [0.15, 0.2) is 6.29 Å². The summed E-state index contributed by atoms with van der Waals surface area (Å²) in [6.45, 7) is 7.99. The standard InChI is InChI=1S/C10H13NO.C2H6/c1-3-8-4-7(2)5-9(6-12)10(8)11;1-2/h4-6H,3,11H2,1-2H3;1-2H3. The van der Waals surface area contributed by atoms with Crippen LogP contribution in [0.5, 0.6) is 0 Å². The Morgan fingerprint density at radius 3 is 2.36 bits per heavy atom. The molecule has 0 bridgehead atoms. The molecule has 0 amide bonds. The Morgan fingerprint density at radius 1 is 1.36 bits per heavy atom. The highest BCUT2D eigenvalue weighted by atomic mass is 16.1. The van der Waals surface area contributed by atoms with Crippen molar-refractivity contribution in [2.75, 3.05) is 5.73 Å². The third-order valence-corrected chi connectivity index (χ3v) is 1.95. The van der Waals surface area contributed by atoms with E-state index < -0.39 is 0 Å². The minimum Gasteiger partial charge on any atom is -0.398 e. The monoisotopic (exact) mass is 193 g/mol. The number of carbonyl (C=O) groups excluding carboxylic acids is 1. The van der Waals surface area contributed by atoms with E-state index in [1.165, 1.54) is 0 Å². The van der Waals surface area contributed by atoms with Gasteiger partial charge in [0.1, 0.15) is 0 Å². The van der Waals surface area contributed by atoms with Crippen LogP contribution in [0.15, 0.2) is 12.1 Å². The average molecular weight is 193 g/mol. The van der Waals surface area contributed by atoms with E-state index in [0.717, 1.165) is 23.8 Å². The van der Waals surface area contributed by atoms with E-state index in [-0.39, 0.29) is 0 Å². The van der Waals surface area contributed by atoms with Gasteiger partial charge >= 0.3 is 0 Å². The quantitative estimate of drug-likeness (QED) is 0.579. The zero-order valence-electron chi connectivity index (χ0n) is 9.42. The Kier molecular flexibility index (Phi) is 5.61. The molecule has 1 rings (SSSR count). The molecule has 14 heavy (non-hydrogen) atoms. The highest BCUT2D eigenvalue weighted by molar-refractivity contribution is 5.84. The first-order chi connectivity index (χ1) is 6.69. The summed E-state index contributed by atoms with van der Waals surface area (Å²) in [6, 6.07) is 3.82. The second-order valence-corrected chi connectivity index (χ2v) is 2.90. The van der Waals surface area contributed by atoms with Crippen molar-refractivity contribution < 1.29 is 4.79 Å². The van der Waals surface area contributed by atoms with E-state index >= 15 is 0 Å². The number of rotatable bonds is 2. The van der Waals surface area contributed by atoms with Gasteiger partial charge in [0.2, 0.25) is 0 Å². The Bertz CT molecular complexity index is 305. The number of aryl methyl sites for hydroxylation is 2. The Balaban J connectivity index is 0.000000791. The molecule has 0 heterocycles. The first kappa shape index (κ1) is 12.7. The molecule has 2 heteroatoms. The second-order valence-electron chi connectivity index (χ2n) is 2.90. The first-order valence-corrected chi connectivity index (χ1v) is 5.03. The van der Waals surface area contributed by atoms with E-state index in [2.05, 4.69) is 0 Å². The lowest BCUT2D eigenvalue weighted by Crippen LogP contribution is -1.99. The van der Waals surface area contributed by atoms with Crippen molar-refractivity contribution in [2.24, 2.45) is 0 Å². The first-order valence-electron chi connectivity index (χ1n) is 5.03. The van der Waals surface area contributed by atoms with E-state index in [4.69, 9.17) is 5.73 Å². The smallest absolute Gasteiger partial charge is 0.152 e. The number of nitrogens with two attached hydrogens (primary N) is 1. The summed E-state index contributed by atoms with van der Waals surface area (Å²) in [7, 11) is 0. The van der Waals surface area contributed by atoms with Gasteiger partial charge in [0.25, 0.3) is 0 Å². The largest absolute Gasteiger partial charge is 0.398 e. The lowest BCUT2D eigenvalue weighted by Gasteiger charge is -2.06. The molecule has 0 atom stereocenters. The van der Waals surface area contributed by atoms with Gasteiger partial charge in [-0.05, 0) is 30.5 Å². The van der Waals surface area contributed by atoms with Crippen molar-refractivity contribution in [3.8, 4) is 0 Å². The zero-order valence-corrected chi connectivity index (χ0v) is 9.42. The maximum absolute atomic E-state index is 10.6. The molecule has 1 aromatic carbocycles. The highest BCUT2D eigenvalue weighted by Gasteiger charge is 2.03. The lowest BCUT2D eigenvalue weighted by molar-refractivity contribution is 0.112. The van der Waals surface area contributed by atoms with Crippen LogP contribution < -0.4 is 5.73 Å². The minimum atomic E-state index is 0.604. The van der Waals surface area contributed by atoms with Gasteiger partial charge in [0.05, 0.1) is 0 Å². The van der Waals surface area contributed by atoms with Crippen LogP contribution in [-0.4, -0.2) is 6.29 Å². The molecule has 2 nitrogen and oxygen atoms in total. The van der Waals surface area contributed by atoms with Crippen molar-refractivity contribution in [1.82, 2.24) is 0 Å². The molecule has 78 valence electrons. The maximum Gasteiger partial charge on any atom is 0.152 e. The van der Waals surface area contributed by atoms with Crippen LogP contribution in [0.25, 0.3) is 0 Å². The summed E-state index contributed by atoms with van der Waals surface area (Å²) < 4.78 is 0. The number of nitrogen functional groups attached to an aromatic ring is 1. The molecule has 0 spiro atoms. The lowest BCUT2D eigenvalue weighted by atomic mass is 10.0. The van der Waals surface area contributed by atoms with E-state index in [1.807, 2.05) is 39.8 Å². The van der Waals surface area contributed by atoms with Gasteiger partial charge in [-0.25, -0.2) is 0 Å². The van der Waals surface area contributed by atoms with Crippen LogP contribution in [0.2, 0.25) is 0 Å². The molecule has 0 aliphatic rings. The predicted molar refractivity (Wildman–Crippen MR) is 61.7 cm³/mol. The van der Waals surface area contributed by atoms with E-state index in [9.17, 15) is 4.79 Å². The molecule has 0 saturated carbocycles. The van der Waals surface area contributed by atoms with Gasteiger partial charge in [-0.2, -0.15) is 0 Å². The third-order valence-electron chi connectivity index (χ3n) is 1.95. The zero-order chi connectivity index (χ0) is 11.1. The fourth-order valence-corrected chi connectivity index (χ4v) is 1.29. The topological polar surface area (TPSA) is 43.1 Å². The molecule has 0 fully saturated rings. The number of benzene rings is 1. The normalized spacial score (nSPS) is 8.86. The van der Waals surface area contributed by atoms with Crippen LogP contribution in [0, 0.1) is 6.92 Å². The SMILES string of the molecule is CC.CCc1cc(C)cc(C=O)c1N. The molecule has 1 aromatic rings. The third kappa shape index (κ3) is 2.87. The average Bonchev–Trinajstić information content (AvgIpc) is 2.23. The summed E-state index contributed by atoms with van der Waals surface area (Å²) in [4.78, 5) is 10.6. The van der Waals surface area contributed by atoms with E-state index in [1.54, 1.807) is 0 Å². The molecular formula is C12H19NO. The minimum absolute atomic E-state index is 0.604. The van der Waals surface area contributed by atoms with Gasteiger partial charge in [-0.3, -0.25) is 4.79 Å². The summed E-state index contributed by atoms with van der Waals surface area (Å²) in [5, 5.41) is 0. The fraction of sp³-hybridized carbons (Fsp3) is 0.417. The molecular weight excluding hydrogens is 174 g/mol. The van der Waals surface area contributed by atoms with Gasteiger partial charge in [-0.15, -0.1) is 0 Å². The van der Waals surface area contributed by atoms with Crippen molar-refractivity contribution in [2.45, 2.75) is 34.1 Å². The molecule has 0 aromatic heterocycles. The van der Waals surface area contributed by atoms with Crippen molar-refractivity contribution >= 4 is 12.0 Å². The molecule has 0 aliphatic carbocycles. The number of aldehydes is 1. The van der Waals surface area contributed by atoms with Crippen LogP contribution in [0.1, 0.15) is 42.3 Å². The Morgan fingerprint density at radius 2 is 1.93 bits per heavy atom. The van der Waals surface area contributed by atoms with Crippen LogP contribution in [0.4, 0.5) is 5.69 Å². The molecule has 0 aliphatic heterocycles. The molecule has 0 unspecified atom stereocenters. The second kappa shape index (κ2) is 6.19. The van der Waals surface area contributed by atoms with Crippen LogP contribution >= 0.6 is 0 Å². The van der Waals surface area contributed by atoms with Gasteiger partial charge in [0, 0.05) is 11.3 Å².